The highest BCUT2D eigenvalue weighted by molar-refractivity contribution is 6.33. The van der Waals surface area contributed by atoms with E-state index in [2.05, 4.69) is 5.92 Å². The quantitative estimate of drug-likeness (QED) is 0.689. The van der Waals surface area contributed by atoms with Gasteiger partial charge in [0.15, 0.2) is 0 Å². The molecule has 0 bridgehead atoms. The third-order valence-corrected chi connectivity index (χ3v) is 3.74. The largest absolute Gasteiger partial charge is 0.444 e. The van der Waals surface area contributed by atoms with Crippen LogP contribution in [0.25, 0.3) is 11.1 Å². The SMILES string of the molecule is C#CCN(Cc1ccc(-c2ccccc2)c(Cl)c1)C(=O)OC(C)(C)C. The lowest BCUT2D eigenvalue weighted by Crippen LogP contribution is -2.36. The van der Waals surface area contributed by atoms with E-state index in [1.165, 1.54) is 4.90 Å². The third kappa shape index (κ3) is 5.55. The summed E-state index contributed by atoms with van der Waals surface area (Å²) in [6.07, 6.45) is 4.95. The van der Waals surface area contributed by atoms with Crippen LogP contribution in [0.2, 0.25) is 5.02 Å². The summed E-state index contributed by atoms with van der Waals surface area (Å²) < 4.78 is 5.41. The molecule has 130 valence electrons. The fourth-order valence-corrected chi connectivity index (χ4v) is 2.66. The summed E-state index contributed by atoms with van der Waals surface area (Å²) in [7, 11) is 0. The van der Waals surface area contributed by atoms with Crippen LogP contribution in [0.4, 0.5) is 4.79 Å². The predicted octanol–water partition coefficient (Wildman–Crippen LogP) is 5.38. The number of rotatable bonds is 4. The van der Waals surface area contributed by atoms with Crippen LogP contribution < -0.4 is 0 Å². The van der Waals surface area contributed by atoms with Gasteiger partial charge in [-0.1, -0.05) is 60.0 Å². The van der Waals surface area contributed by atoms with E-state index < -0.39 is 11.7 Å². The molecule has 0 aromatic heterocycles. The summed E-state index contributed by atoms with van der Waals surface area (Å²) in [6, 6.07) is 15.7. The smallest absolute Gasteiger partial charge is 0.411 e. The predicted molar refractivity (Wildman–Crippen MR) is 102 cm³/mol. The van der Waals surface area contributed by atoms with Crippen LogP contribution in [0.5, 0.6) is 0 Å². The maximum absolute atomic E-state index is 12.3. The summed E-state index contributed by atoms with van der Waals surface area (Å²) in [6.45, 7) is 5.99. The first kappa shape index (κ1) is 18.9. The zero-order valence-electron chi connectivity index (χ0n) is 14.8. The van der Waals surface area contributed by atoms with E-state index in [-0.39, 0.29) is 6.54 Å². The Morgan fingerprint density at radius 2 is 1.88 bits per heavy atom. The first-order chi connectivity index (χ1) is 11.8. The second kappa shape index (κ2) is 8.09. The molecule has 0 aliphatic carbocycles. The van der Waals surface area contributed by atoms with Crippen molar-refractivity contribution in [1.29, 1.82) is 0 Å². The van der Waals surface area contributed by atoms with Gasteiger partial charge >= 0.3 is 6.09 Å². The molecule has 0 saturated heterocycles. The fourth-order valence-electron chi connectivity index (χ4n) is 2.35. The first-order valence-corrected chi connectivity index (χ1v) is 8.43. The molecule has 0 radical (unpaired) electrons. The lowest BCUT2D eigenvalue weighted by atomic mass is 10.0. The topological polar surface area (TPSA) is 29.5 Å². The molecule has 3 nitrogen and oxygen atoms in total. The van der Waals surface area contributed by atoms with Crippen molar-refractivity contribution in [3.63, 3.8) is 0 Å². The maximum Gasteiger partial charge on any atom is 0.411 e. The fraction of sp³-hybridized carbons (Fsp3) is 0.286. The Labute approximate surface area is 154 Å². The van der Waals surface area contributed by atoms with Gasteiger partial charge in [0, 0.05) is 10.6 Å². The van der Waals surface area contributed by atoms with Crippen molar-refractivity contribution >= 4 is 17.7 Å². The number of hydrogen-bond acceptors (Lipinski definition) is 2. The zero-order chi connectivity index (χ0) is 18.4. The number of terminal acetylenes is 1. The van der Waals surface area contributed by atoms with E-state index in [0.717, 1.165) is 16.7 Å². The summed E-state index contributed by atoms with van der Waals surface area (Å²) in [5, 5.41) is 0.633. The summed E-state index contributed by atoms with van der Waals surface area (Å²) >= 11 is 6.44. The van der Waals surface area contributed by atoms with E-state index >= 15 is 0 Å². The number of amides is 1. The summed E-state index contributed by atoms with van der Waals surface area (Å²) in [4.78, 5) is 13.8. The van der Waals surface area contributed by atoms with Crippen LogP contribution in [-0.4, -0.2) is 23.1 Å². The van der Waals surface area contributed by atoms with E-state index in [1.54, 1.807) is 0 Å². The van der Waals surface area contributed by atoms with Crippen LogP contribution in [0.15, 0.2) is 48.5 Å². The van der Waals surface area contributed by atoms with Gasteiger partial charge in [-0.25, -0.2) is 4.79 Å². The van der Waals surface area contributed by atoms with E-state index in [9.17, 15) is 4.79 Å². The van der Waals surface area contributed by atoms with Crippen LogP contribution in [0.1, 0.15) is 26.3 Å². The summed E-state index contributed by atoms with van der Waals surface area (Å²) in [5.41, 5.74) is 2.32. The molecule has 2 rings (SSSR count). The summed E-state index contributed by atoms with van der Waals surface area (Å²) in [5.74, 6) is 2.50. The number of carbonyl (C=O) groups is 1. The molecule has 0 atom stereocenters. The average Bonchev–Trinajstić information content (AvgIpc) is 2.54. The standard InChI is InChI=1S/C21H22ClNO2/c1-5-13-23(20(24)25-21(2,3)4)15-16-11-12-18(19(22)14-16)17-9-7-6-8-10-17/h1,6-12,14H,13,15H2,2-4H3. The van der Waals surface area contributed by atoms with Gasteiger partial charge in [-0.15, -0.1) is 6.42 Å². The zero-order valence-corrected chi connectivity index (χ0v) is 15.5. The van der Waals surface area contributed by atoms with Gasteiger partial charge in [-0.05, 0) is 38.0 Å². The second-order valence-electron chi connectivity index (χ2n) is 6.72. The van der Waals surface area contributed by atoms with Gasteiger partial charge in [0.2, 0.25) is 0 Å². The molecule has 2 aromatic carbocycles. The van der Waals surface area contributed by atoms with Crippen molar-refractivity contribution in [2.75, 3.05) is 6.54 Å². The lowest BCUT2D eigenvalue weighted by Gasteiger charge is -2.26. The molecule has 0 N–H and O–H groups in total. The maximum atomic E-state index is 12.3. The third-order valence-electron chi connectivity index (χ3n) is 3.43. The average molecular weight is 356 g/mol. The Morgan fingerprint density at radius 3 is 2.44 bits per heavy atom. The van der Waals surface area contributed by atoms with Crippen LogP contribution in [0.3, 0.4) is 0 Å². The van der Waals surface area contributed by atoms with Crippen LogP contribution >= 0.6 is 11.6 Å². The number of hydrogen-bond donors (Lipinski definition) is 0. The Bertz CT molecular complexity index is 773. The van der Waals surface area contributed by atoms with Gasteiger partial charge in [-0.3, -0.25) is 4.90 Å². The minimum absolute atomic E-state index is 0.174. The van der Waals surface area contributed by atoms with Crippen LogP contribution in [-0.2, 0) is 11.3 Å². The second-order valence-corrected chi connectivity index (χ2v) is 7.13. The molecule has 1 amide bonds. The molecule has 0 unspecified atom stereocenters. The molecule has 0 spiro atoms. The van der Waals surface area contributed by atoms with Gasteiger partial charge in [0.25, 0.3) is 0 Å². The molecule has 0 aliphatic heterocycles. The molecule has 0 heterocycles. The minimum atomic E-state index is -0.571. The minimum Gasteiger partial charge on any atom is -0.444 e. The highest BCUT2D eigenvalue weighted by atomic mass is 35.5. The molecule has 0 aliphatic rings. The number of halogens is 1. The molecule has 0 saturated carbocycles. The highest BCUT2D eigenvalue weighted by Crippen LogP contribution is 2.29. The molecular formula is C21H22ClNO2. The van der Waals surface area contributed by atoms with E-state index in [0.29, 0.717) is 11.6 Å². The number of carbonyl (C=O) groups excluding carboxylic acids is 1. The van der Waals surface area contributed by atoms with Gasteiger partial charge < -0.3 is 4.74 Å². The molecular weight excluding hydrogens is 334 g/mol. The molecule has 4 heteroatoms. The lowest BCUT2D eigenvalue weighted by molar-refractivity contribution is 0.0260. The van der Waals surface area contributed by atoms with Crippen molar-refractivity contribution in [3.8, 4) is 23.5 Å². The molecule has 2 aromatic rings. The van der Waals surface area contributed by atoms with Crippen molar-refractivity contribution in [2.24, 2.45) is 0 Å². The number of benzene rings is 2. The first-order valence-electron chi connectivity index (χ1n) is 8.05. The van der Waals surface area contributed by atoms with Gasteiger partial charge in [0.1, 0.15) is 5.60 Å². The Balaban J connectivity index is 2.19. The van der Waals surface area contributed by atoms with Gasteiger partial charge in [-0.2, -0.15) is 0 Å². The molecule has 25 heavy (non-hydrogen) atoms. The van der Waals surface area contributed by atoms with Crippen molar-refractivity contribution in [3.05, 3.63) is 59.1 Å². The highest BCUT2D eigenvalue weighted by Gasteiger charge is 2.22. The number of nitrogens with zero attached hydrogens (tertiary/aromatic N) is 1. The van der Waals surface area contributed by atoms with Crippen molar-refractivity contribution in [2.45, 2.75) is 32.9 Å². The van der Waals surface area contributed by atoms with Crippen LogP contribution in [0, 0.1) is 12.3 Å². The van der Waals surface area contributed by atoms with E-state index in [4.69, 9.17) is 22.8 Å². The normalized spacial score (nSPS) is 10.8. The Morgan fingerprint density at radius 1 is 1.20 bits per heavy atom. The number of ether oxygens (including phenoxy) is 1. The Hall–Kier alpha value is -2.44. The van der Waals surface area contributed by atoms with E-state index in [1.807, 2.05) is 69.3 Å². The van der Waals surface area contributed by atoms with Gasteiger partial charge in [0.05, 0.1) is 13.1 Å². The molecule has 0 fully saturated rings. The van der Waals surface area contributed by atoms with Crippen molar-refractivity contribution < 1.29 is 9.53 Å². The Kier molecular flexibility index (Phi) is 6.12. The van der Waals surface area contributed by atoms with Crippen molar-refractivity contribution in [1.82, 2.24) is 4.90 Å². The monoisotopic (exact) mass is 355 g/mol.